The van der Waals surface area contributed by atoms with Crippen molar-refractivity contribution < 1.29 is 4.74 Å². The van der Waals surface area contributed by atoms with Crippen LogP contribution in [0.2, 0.25) is 0 Å². The molecule has 0 radical (unpaired) electrons. The molecule has 0 aromatic heterocycles. The molecule has 0 saturated carbocycles. The monoisotopic (exact) mass is 201 g/mol. The van der Waals surface area contributed by atoms with Crippen molar-refractivity contribution in [2.45, 2.75) is 52.5 Å². The number of rotatable bonds is 7. The molecule has 0 fully saturated rings. The average Bonchev–Trinajstić information content (AvgIpc) is 2.09. The summed E-state index contributed by atoms with van der Waals surface area (Å²) < 4.78 is 5.03. The molecular weight excluding hydrogens is 174 g/mol. The number of ether oxygens (including phenoxy) is 1. The van der Waals surface area contributed by atoms with E-state index in [4.69, 9.17) is 4.74 Å². The van der Waals surface area contributed by atoms with E-state index in [1.165, 1.54) is 25.7 Å². The average molecular weight is 201 g/mol. The van der Waals surface area contributed by atoms with Crippen LogP contribution in [0.3, 0.4) is 0 Å². The van der Waals surface area contributed by atoms with Gasteiger partial charge in [0.15, 0.2) is 0 Å². The van der Waals surface area contributed by atoms with Crippen LogP contribution < -0.4 is 5.32 Å². The maximum Gasteiger partial charge on any atom is 0.0462 e. The van der Waals surface area contributed by atoms with Crippen LogP contribution in [0.5, 0.6) is 0 Å². The lowest BCUT2D eigenvalue weighted by atomic mass is 9.84. The van der Waals surface area contributed by atoms with Crippen molar-refractivity contribution in [2.24, 2.45) is 5.41 Å². The lowest BCUT2D eigenvalue weighted by Gasteiger charge is -2.30. The van der Waals surface area contributed by atoms with Gasteiger partial charge in [0.25, 0.3) is 0 Å². The van der Waals surface area contributed by atoms with Crippen molar-refractivity contribution in [1.29, 1.82) is 0 Å². The third-order valence-electron chi connectivity index (χ3n) is 2.74. The van der Waals surface area contributed by atoms with Gasteiger partial charge in [-0.1, -0.05) is 33.6 Å². The molecule has 2 heteroatoms. The third kappa shape index (κ3) is 6.39. The number of methoxy groups -OCH3 is 1. The van der Waals surface area contributed by atoms with Gasteiger partial charge in [0, 0.05) is 19.8 Å². The van der Waals surface area contributed by atoms with Crippen molar-refractivity contribution in [1.82, 2.24) is 5.32 Å². The minimum atomic E-state index is 0.371. The van der Waals surface area contributed by atoms with Crippen LogP contribution in [0.1, 0.15) is 46.5 Å². The zero-order valence-electron chi connectivity index (χ0n) is 10.5. The lowest BCUT2D eigenvalue weighted by Crippen LogP contribution is -2.37. The van der Waals surface area contributed by atoms with E-state index in [0.29, 0.717) is 11.5 Å². The Morgan fingerprint density at radius 2 is 1.79 bits per heavy atom. The molecule has 0 saturated heterocycles. The van der Waals surface area contributed by atoms with Gasteiger partial charge in [-0.2, -0.15) is 0 Å². The Balaban J connectivity index is 3.54. The Morgan fingerprint density at radius 3 is 2.21 bits per heavy atom. The minimum Gasteiger partial charge on any atom is -0.385 e. The van der Waals surface area contributed by atoms with E-state index in [1.54, 1.807) is 7.11 Å². The Bertz CT molecular complexity index is 129. The quantitative estimate of drug-likeness (QED) is 0.640. The van der Waals surface area contributed by atoms with E-state index in [2.05, 4.69) is 33.1 Å². The van der Waals surface area contributed by atoms with Gasteiger partial charge in [-0.3, -0.25) is 0 Å². The van der Waals surface area contributed by atoms with Crippen LogP contribution in [0.4, 0.5) is 0 Å². The fourth-order valence-electron chi connectivity index (χ4n) is 1.78. The van der Waals surface area contributed by atoms with Gasteiger partial charge in [0.2, 0.25) is 0 Å². The van der Waals surface area contributed by atoms with Crippen LogP contribution in [0, 0.1) is 5.41 Å². The number of nitrogens with one attached hydrogen (secondary N) is 1. The topological polar surface area (TPSA) is 21.3 Å². The maximum absolute atomic E-state index is 5.03. The molecule has 1 unspecified atom stereocenters. The van der Waals surface area contributed by atoms with Crippen LogP contribution in [-0.4, -0.2) is 26.8 Å². The molecule has 0 heterocycles. The van der Waals surface area contributed by atoms with Gasteiger partial charge in [-0.05, 0) is 25.3 Å². The maximum atomic E-state index is 5.03. The largest absolute Gasteiger partial charge is 0.385 e. The summed E-state index contributed by atoms with van der Waals surface area (Å²) in [5, 5.41) is 3.40. The standard InChI is InChI=1S/C12H27NO/c1-12(2,3)11(13-4)9-7-6-8-10-14-5/h11,13H,6-10H2,1-5H3. The molecule has 0 rings (SSSR count). The molecule has 0 bridgehead atoms. The molecule has 0 spiro atoms. The Hall–Kier alpha value is -0.0800. The van der Waals surface area contributed by atoms with E-state index < -0.39 is 0 Å². The highest BCUT2D eigenvalue weighted by molar-refractivity contribution is 4.78. The summed E-state index contributed by atoms with van der Waals surface area (Å²) in [6.45, 7) is 7.79. The van der Waals surface area contributed by atoms with Gasteiger partial charge in [-0.15, -0.1) is 0 Å². The summed E-state index contributed by atoms with van der Waals surface area (Å²) in [7, 11) is 3.83. The third-order valence-corrected chi connectivity index (χ3v) is 2.74. The van der Waals surface area contributed by atoms with Crippen molar-refractivity contribution in [3.63, 3.8) is 0 Å². The summed E-state index contributed by atoms with van der Waals surface area (Å²) in [6, 6.07) is 0.630. The smallest absolute Gasteiger partial charge is 0.0462 e. The minimum absolute atomic E-state index is 0.371. The van der Waals surface area contributed by atoms with Crippen LogP contribution in [-0.2, 0) is 4.74 Å². The molecule has 0 aromatic rings. The van der Waals surface area contributed by atoms with Crippen LogP contribution >= 0.6 is 0 Å². The van der Waals surface area contributed by atoms with Gasteiger partial charge < -0.3 is 10.1 Å². The van der Waals surface area contributed by atoms with E-state index in [9.17, 15) is 0 Å². The molecular formula is C12H27NO. The Morgan fingerprint density at radius 1 is 1.14 bits per heavy atom. The summed E-state index contributed by atoms with van der Waals surface area (Å²) in [5.74, 6) is 0. The molecule has 0 aliphatic carbocycles. The molecule has 0 aliphatic heterocycles. The van der Waals surface area contributed by atoms with Gasteiger partial charge in [-0.25, -0.2) is 0 Å². The lowest BCUT2D eigenvalue weighted by molar-refractivity contribution is 0.189. The van der Waals surface area contributed by atoms with Crippen LogP contribution in [0.25, 0.3) is 0 Å². The summed E-state index contributed by atoms with van der Waals surface area (Å²) in [4.78, 5) is 0. The zero-order valence-corrected chi connectivity index (χ0v) is 10.5. The molecule has 0 aliphatic rings. The summed E-state index contributed by atoms with van der Waals surface area (Å²) >= 11 is 0. The second kappa shape index (κ2) is 7.24. The van der Waals surface area contributed by atoms with Gasteiger partial charge in [0.05, 0.1) is 0 Å². The zero-order chi connectivity index (χ0) is 11.0. The normalized spacial score (nSPS) is 14.4. The molecule has 86 valence electrons. The predicted octanol–water partition coefficient (Wildman–Crippen LogP) is 2.83. The SMILES string of the molecule is CNC(CCCCCOC)C(C)(C)C. The van der Waals surface area contributed by atoms with E-state index in [0.717, 1.165) is 6.61 Å². The first kappa shape index (κ1) is 13.9. The second-order valence-corrected chi connectivity index (χ2v) is 5.05. The fourth-order valence-corrected chi connectivity index (χ4v) is 1.78. The molecule has 0 aromatic carbocycles. The van der Waals surface area contributed by atoms with Crippen molar-refractivity contribution >= 4 is 0 Å². The Kier molecular flexibility index (Phi) is 7.20. The van der Waals surface area contributed by atoms with Crippen molar-refractivity contribution in [3.05, 3.63) is 0 Å². The first-order valence-electron chi connectivity index (χ1n) is 5.68. The fraction of sp³-hybridized carbons (Fsp3) is 1.00. The summed E-state index contributed by atoms with van der Waals surface area (Å²) in [6.07, 6.45) is 5.04. The van der Waals surface area contributed by atoms with E-state index in [1.807, 2.05) is 0 Å². The molecule has 0 amide bonds. The molecule has 1 N–H and O–H groups in total. The summed E-state index contributed by atoms with van der Waals surface area (Å²) in [5.41, 5.74) is 0.371. The van der Waals surface area contributed by atoms with E-state index in [-0.39, 0.29) is 0 Å². The molecule has 2 nitrogen and oxygen atoms in total. The van der Waals surface area contributed by atoms with Crippen LogP contribution in [0.15, 0.2) is 0 Å². The first-order valence-corrected chi connectivity index (χ1v) is 5.68. The number of unbranched alkanes of at least 4 members (excludes halogenated alkanes) is 2. The van der Waals surface area contributed by atoms with Gasteiger partial charge in [0.1, 0.15) is 0 Å². The highest BCUT2D eigenvalue weighted by Gasteiger charge is 2.21. The second-order valence-electron chi connectivity index (χ2n) is 5.05. The number of hydrogen-bond acceptors (Lipinski definition) is 2. The molecule has 14 heavy (non-hydrogen) atoms. The predicted molar refractivity (Wildman–Crippen MR) is 62.6 cm³/mol. The number of hydrogen-bond donors (Lipinski definition) is 1. The first-order chi connectivity index (χ1) is 6.52. The van der Waals surface area contributed by atoms with Gasteiger partial charge >= 0.3 is 0 Å². The Labute approximate surface area is 89.4 Å². The van der Waals surface area contributed by atoms with E-state index >= 15 is 0 Å². The highest BCUT2D eigenvalue weighted by Crippen LogP contribution is 2.23. The van der Waals surface area contributed by atoms with Crippen molar-refractivity contribution in [3.8, 4) is 0 Å². The highest BCUT2D eigenvalue weighted by atomic mass is 16.5. The van der Waals surface area contributed by atoms with Crippen molar-refractivity contribution in [2.75, 3.05) is 20.8 Å². The molecule has 1 atom stereocenters.